The van der Waals surface area contributed by atoms with Crippen LogP contribution < -0.4 is 0 Å². The summed E-state index contributed by atoms with van der Waals surface area (Å²) < 4.78 is 0. The van der Waals surface area contributed by atoms with E-state index in [4.69, 9.17) is 0 Å². The van der Waals surface area contributed by atoms with Crippen LogP contribution in [0.15, 0.2) is 18.2 Å². The van der Waals surface area contributed by atoms with E-state index in [1.165, 1.54) is 44.9 Å². The second kappa shape index (κ2) is 6.94. The van der Waals surface area contributed by atoms with Crippen LogP contribution in [-0.4, -0.2) is 0 Å². The minimum atomic E-state index is 0.808. The van der Waals surface area contributed by atoms with Gasteiger partial charge in [0.1, 0.15) is 0 Å². The third-order valence-electron chi connectivity index (χ3n) is 2.68. The van der Waals surface area contributed by atoms with E-state index < -0.39 is 0 Å². The van der Waals surface area contributed by atoms with Gasteiger partial charge in [-0.2, -0.15) is 0 Å². The molecule has 0 fully saturated rings. The van der Waals surface area contributed by atoms with Crippen molar-refractivity contribution in [2.24, 2.45) is 5.92 Å². The van der Waals surface area contributed by atoms with Crippen molar-refractivity contribution in [2.45, 2.75) is 51.9 Å². The van der Waals surface area contributed by atoms with Gasteiger partial charge in [-0.15, -0.1) is 0 Å². The van der Waals surface area contributed by atoms with Crippen molar-refractivity contribution >= 4 is 0 Å². The fourth-order valence-electron chi connectivity index (χ4n) is 1.78. The molecule has 0 heterocycles. The molecule has 0 amide bonds. The van der Waals surface area contributed by atoms with Crippen LogP contribution in [0.2, 0.25) is 0 Å². The van der Waals surface area contributed by atoms with Crippen molar-refractivity contribution in [2.75, 3.05) is 0 Å². The van der Waals surface area contributed by atoms with Crippen LogP contribution >= 0.6 is 0 Å². The minimum Gasteiger partial charge on any atom is -0.0805 e. The molecule has 0 heteroatoms. The maximum Gasteiger partial charge on any atom is -0.0195 e. The molecule has 0 aromatic carbocycles. The summed E-state index contributed by atoms with van der Waals surface area (Å²) in [5.41, 5.74) is 0. The number of hydrogen-bond acceptors (Lipinski definition) is 0. The van der Waals surface area contributed by atoms with Crippen LogP contribution in [0, 0.1) is 12.0 Å². The number of unbranched alkanes of at least 4 members (excludes halogenated alkanes) is 4. The molecular formula is C13H21. The Morgan fingerprint density at radius 3 is 2.77 bits per heavy atom. The molecule has 0 saturated heterocycles. The lowest BCUT2D eigenvalue weighted by Gasteiger charge is -2.11. The fourth-order valence-corrected chi connectivity index (χ4v) is 1.78. The van der Waals surface area contributed by atoms with Gasteiger partial charge in [0.2, 0.25) is 0 Å². The number of hydrogen-bond donors (Lipinski definition) is 0. The molecule has 73 valence electrons. The summed E-state index contributed by atoms with van der Waals surface area (Å²) in [5, 5.41) is 0. The molecule has 0 saturated carbocycles. The largest absolute Gasteiger partial charge is 0.0805 e. The van der Waals surface area contributed by atoms with Gasteiger partial charge in [-0.1, -0.05) is 57.3 Å². The minimum absolute atomic E-state index is 0.808. The smallest absolute Gasteiger partial charge is 0.0195 e. The lowest BCUT2D eigenvalue weighted by molar-refractivity contribution is 0.524. The summed E-state index contributed by atoms with van der Waals surface area (Å²) in [4.78, 5) is 0. The van der Waals surface area contributed by atoms with Crippen LogP contribution in [0.25, 0.3) is 0 Å². The van der Waals surface area contributed by atoms with Gasteiger partial charge in [-0.25, -0.2) is 0 Å². The summed E-state index contributed by atoms with van der Waals surface area (Å²) >= 11 is 0. The normalized spacial score (nSPS) is 20.8. The van der Waals surface area contributed by atoms with Gasteiger partial charge < -0.3 is 0 Å². The summed E-state index contributed by atoms with van der Waals surface area (Å²) in [6.45, 7) is 2.27. The standard InChI is InChI=1S/C13H21/c1-2-3-4-5-7-10-13-11-8-6-9-12-13/h8-9,11,13H,2-5,7,10,12H2,1H3. The van der Waals surface area contributed by atoms with Crippen LogP contribution in [0.3, 0.4) is 0 Å². The van der Waals surface area contributed by atoms with E-state index in [9.17, 15) is 0 Å². The van der Waals surface area contributed by atoms with E-state index in [0.29, 0.717) is 0 Å². The van der Waals surface area contributed by atoms with Gasteiger partial charge in [-0.05, 0) is 24.8 Å². The second-order valence-corrected chi connectivity index (χ2v) is 3.93. The Kier molecular flexibility index (Phi) is 5.64. The second-order valence-electron chi connectivity index (χ2n) is 3.93. The summed E-state index contributed by atoms with van der Waals surface area (Å²) in [5.74, 6) is 0.808. The lowest BCUT2D eigenvalue weighted by atomic mass is 9.94. The highest BCUT2D eigenvalue weighted by atomic mass is 14.1. The zero-order valence-electron chi connectivity index (χ0n) is 8.76. The molecule has 0 aliphatic heterocycles. The first-order valence-corrected chi connectivity index (χ1v) is 5.68. The van der Waals surface area contributed by atoms with Gasteiger partial charge >= 0.3 is 0 Å². The predicted molar refractivity (Wildman–Crippen MR) is 58.4 cm³/mol. The Morgan fingerprint density at radius 1 is 1.23 bits per heavy atom. The first-order valence-electron chi connectivity index (χ1n) is 5.68. The third-order valence-corrected chi connectivity index (χ3v) is 2.68. The number of allylic oxidation sites excluding steroid dienone is 4. The monoisotopic (exact) mass is 177 g/mol. The van der Waals surface area contributed by atoms with Gasteiger partial charge in [0, 0.05) is 0 Å². The molecule has 0 N–H and O–H groups in total. The summed E-state index contributed by atoms with van der Waals surface area (Å²) in [6, 6.07) is 0. The van der Waals surface area contributed by atoms with E-state index in [0.717, 1.165) is 5.92 Å². The van der Waals surface area contributed by atoms with Crippen molar-refractivity contribution in [3.8, 4) is 0 Å². The molecule has 1 atom stereocenters. The summed E-state index contributed by atoms with van der Waals surface area (Å²) in [6.07, 6.45) is 19.3. The van der Waals surface area contributed by atoms with Crippen LogP contribution in [-0.2, 0) is 0 Å². The molecule has 0 nitrogen and oxygen atoms in total. The zero-order chi connectivity index (χ0) is 9.36. The van der Waals surface area contributed by atoms with Gasteiger partial charge in [0.15, 0.2) is 0 Å². The molecule has 1 unspecified atom stereocenters. The molecule has 0 bridgehead atoms. The summed E-state index contributed by atoms with van der Waals surface area (Å²) in [7, 11) is 0. The molecule has 1 aliphatic carbocycles. The molecule has 1 aliphatic rings. The Labute approximate surface area is 82.7 Å². The lowest BCUT2D eigenvalue weighted by Crippen LogP contribution is -1.97. The molecule has 1 radical (unpaired) electrons. The van der Waals surface area contributed by atoms with Crippen molar-refractivity contribution in [3.63, 3.8) is 0 Å². The Morgan fingerprint density at radius 2 is 2.08 bits per heavy atom. The van der Waals surface area contributed by atoms with Gasteiger partial charge in [0.25, 0.3) is 0 Å². The highest BCUT2D eigenvalue weighted by Crippen LogP contribution is 2.18. The predicted octanol–water partition coefficient (Wildman–Crippen LogP) is 4.28. The molecule has 0 aromatic heterocycles. The molecular weight excluding hydrogens is 156 g/mol. The zero-order valence-corrected chi connectivity index (χ0v) is 8.76. The van der Waals surface area contributed by atoms with Crippen molar-refractivity contribution in [1.29, 1.82) is 0 Å². The van der Waals surface area contributed by atoms with Gasteiger partial charge in [-0.3, -0.25) is 0 Å². The fraction of sp³-hybridized carbons (Fsp3) is 0.692. The molecule has 0 aromatic rings. The van der Waals surface area contributed by atoms with E-state index in [2.05, 4.69) is 31.2 Å². The quantitative estimate of drug-likeness (QED) is 0.531. The highest BCUT2D eigenvalue weighted by molar-refractivity contribution is 5.05. The average Bonchev–Trinajstić information content (AvgIpc) is 2.19. The first kappa shape index (κ1) is 10.6. The molecule has 0 spiro atoms. The van der Waals surface area contributed by atoms with Crippen LogP contribution in [0.1, 0.15) is 51.9 Å². The van der Waals surface area contributed by atoms with Crippen LogP contribution in [0.4, 0.5) is 0 Å². The van der Waals surface area contributed by atoms with E-state index >= 15 is 0 Å². The maximum absolute atomic E-state index is 3.12. The SMILES string of the molecule is CCCCCCCC1C=C[C]=CC1. The van der Waals surface area contributed by atoms with E-state index in [-0.39, 0.29) is 0 Å². The average molecular weight is 177 g/mol. The highest BCUT2D eigenvalue weighted by Gasteiger charge is 2.03. The maximum atomic E-state index is 3.12. The van der Waals surface area contributed by atoms with Crippen molar-refractivity contribution < 1.29 is 0 Å². The Bertz CT molecular complexity index is 165. The van der Waals surface area contributed by atoms with Crippen LogP contribution in [0.5, 0.6) is 0 Å². The molecule has 1 rings (SSSR count). The number of rotatable bonds is 6. The third kappa shape index (κ3) is 4.92. The Hall–Kier alpha value is -0.520. The topological polar surface area (TPSA) is 0 Å². The van der Waals surface area contributed by atoms with Crippen molar-refractivity contribution in [3.05, 3.63) is 24.3 Å². The Balaban J connectivity index is 1.93. The first-order chi connectivity index (χ1) is 6.43. The van der Waals surface area contributed by atoms with E-state index in [1.54, 1.807) is 0 Å². The van der Waals surface area contributed by atoms with Gasteiger partial charge in [0.05, 0.1) is 0 Å². The molecule has 13 heavy (non-hydrogen) atoms. The van der Waals surface area contributed by atoms with E-state index in [1.807, 2.05) is 0 Å². The van der Waals surface area contributed by atoms with Crippen molar-refractivity contribution in [1.82, 2.24) is 0 Å².